The molecule has 2 atom stereocenters. The molecule has 12 heteroatoms. The smallest absolute Gasteiger partial charge is 0.313 e. The average Bonchev–Trinajstić information content (AvgIpc) is 2.90. The molecule has 0 fully saturated rings. The number of hydrogen-bond donors (Lipinski definition) is 4. The Morgan fingerprint density at radius 1 is 0.850 bits per heavy atom. The Morgan fingerprint density at radius 2 is 1.48 bits per heavy atom. The van der Waals surface area contributed by atoms with Crippen molar-refractivity contribution in [1.29, 1.82) is 0 Å². The number of benzene rings is 3. The first-order valence-electron chi connectivity index (χ1n) is 12.2. The lowest BCUT2D eigenvalue weighted by Crippen LogP contribution is -2.56. The Kier molecular flexibility index (Phi) is 9.85. The van der Waals surface area contributed by atoms with Crippen LogP contribution in [0.15, 0.2) is 60.7 Å². The number of hydrogen-bond acceptors (Lipinski definition) is 6. The lowest BCUT2D eigenvalue weighted by Gasteiger charge is -2.24. The molecule has 3 rings (SSSR count). The van der Waals surface area contributed by atoms with Gasteiger partial charge in [0.15, 0.2) is 23.2 Å². The lowest BCUT2D eigenvalue weighted by molar-refractivity contribution is -0.141. The van der Waals surface area contributed by atoms with E-state index in [0.29, 0.717) is 11.1 Å². The molecular weight excluding hydrogens is 528 g/mol. The fourth-order valence-electron chi connectivity index (χ4n) is 3.80. The fraction of sp³-hybridized carbons (Fsp3) is 0.250. The van der Waals surface area contributed by atoms with Gasteiger partial charge in [0.25, 0.3) is 0 Å². The minimum absolute atomic E-state index is 0.377. The van der Waals surface area contributed by atoms with E-state index in [2.05, 4.69) is 16.0 Å². The Hall–Kier alpha value is -4.87. The number of ketones is 1. The normalized spacial score (nSPS) is 12.3. The lowest BCUT2D eigenvalue weighted by atomic mass is 10.0. The number of carboxylic acids is 1. The van der Waals surface area contributed by atoms with Crippen LogP contribution in [-0.2, 0) is 24.0 Å². The number of para-hydroxylation sites is 1. The van der Waals surface area contributed by atoms with E-state index in [-0.39, 0.29) is 0 Å². The number of aliphatic carboxylic acids is 1. The summed E-state index contributed by atoms with van der Waals surface area (Å²) in [6.07, 6.45) is -0.867. The number of Topliss-reactive ketones (excluding diaryl/α,β-unsaturated/α-hetero) is 1. The maximum Gasteiger partial charge on any atom is 0.313 e. The van der Waals surface area contributed by atoms with Crippen LogP contribution in [0.5, 0.6) is 5.75 Å². The molecule has 3 aromatic carbocycles. The van der Waals surface area contributed by atoms with Gasteiger partial charge in [0.05, 0.1) is 6.42 Å². The van der Waals surface area contributed by atoms with Crippen molar-refractivity contribution >= 4 is 45.9 Å². The average molecular weight is 556 g/mol. The van der Waals surface area contributed by atoms with Crippen molar-refractivity contribution in [2.75, 3.05) is 11.9 Å². The number of halogens is 2. The van der Waals surface area contributed by atoms with Crippen LogP contribution < -0.4 is 20.7 Å². The second kappa shape index (κ2) is 13.3. The Balaban J connectivity index is 1.68. The fourth-order valence-corrected chi connectivity index (χ4v) is 3.80. The largest absolute Gasteiger partial charge is 0.481 e. The number of anilines is 1. The molecule has 3 amide bonds. The van der Waals surface area contributed by atoms with E-state index in [4.69, 9.17) is 4.74 Å². The van der Waals surface area contributed by atoms with Gasteiger partial charge in [-0.05, 0) is 29.5 Å². The Labute approximate surface area is 227 Å². The summed E-state index contributed by atoms with van der Waals surface area (Å²) in [6, 6.07) is 12.2. The number of carboxylic acid groups (broad SMARTS) is 1. The predicted molar refractivity (Wildman–Crippen MR) is 140 cm³/mol. The highest BCUT2D eigenvalue weighted by Gasteiger charge is 2.32. The van der Waals surface area contributed by atoms with E-state index in [0.717, 1.165) is 23.6 Å². The van der Waals surface area contributed by atoms with Gasteiger partial charge in [-0.1, -0.05) is 56.3 Å². The minimum atomic E-state index is -1.65. The third-order valence-electron chi connectivity index (χ3n) is 5.84. The highest BCUT2D eigenvalue weighted by molar-refractivity contribution is 6.40. The van der Waals surface area contributed by atoms with Crippen molar-refractivity contribution in [2.24, 2.45) is 5.92 Å². The molecular formula is C28H27F2N3O7. The molecule has 0 radical (unpaired) electrons. The number of fused-ring (bicyclic) bond motifs is 1. The number of carbonyl (C=O) groups excluding carboxylic acids is 4. The Morgan fingerprint density at radius 3 is 2.12 bits per heavy atom. The molecule has 0 bridgehead atoms. The summed E-state index contributed by atoms with van der Waals surface area (Å²) in [5.41, 5.74) is 0.377. The van der Waals surface area contributed by atoms with Gasteiger partial charge in [-0.3, -0.25) is 24.0 Å². The summed E-state index contributed by atoms with van der Waals surface area (Å²) in [4.78, 5) is 62.3. The maximum absolute atomic E-state index is 13.8. The van der Waals surface area contributed by atoms with Crippen molar-refractivity contribution in [2.45, 2.75) is 32.4 Å². The molecule has 0 aliphatic rings. The van der Waals surface area contributed by atoms with Crippen molar-refractivity contribution in [3.63, 3.8) is 0 Å². The van der Waals surface area contributed by atoms with Crippen molar-refractivity contribution in [3.05, 3.63) is 72.3 Å². The molecule has 40 heavy (non-hydrogen) atoms. The molecule has 3 aromatic rings. The van der Waals surface area contributed by atoms with Crippen molar-refractivity contribution in [1.82, 2.24) is 10.6 Å². The van der Waals surface area contributed by atoms with Gasteiger partial charge in [0, 0.05) is 11.1 Å². The van der Waals surface area contributed by atoms with Gasteiger partial charge in [-0.2, -0.15) is 0 Å². The summed E-state index contributed by atoms with van der Waals surface area (Å²) in [5.74, 6) is -9.13. The van der Waals surface area contributed by atoms with E-state index in [1.165, 1.54) is 0 Å². The number of ether oxygens (including phenoxy) is 1. The summed E-state index contributed by atoms with van der Waals surface area (Å²) >= 11 is 0. The number of nitrogens with one attached hydrogen (secondary N) is 3. The zero-order valence-electron chi connectivity index (χ0n) is 21.6. The highest BCUT2D eigenvalue weighted by atomic mass is 19.1. The molecule has 0 aliphatic carbocycles. The second-order valence-corrected chi connectivity index (χ2v) is 9.14. The van der Waals surface area contributed by atoms with Gasteiger partial charge < -0.3 is 25.8 Å². The summed E-state index contributed by atoms with van der Waals surface area (Å²) in [5, 5.41) is 17.8. The Bertz CT molecular complexity index is 1420. The van der Waals surface area contributed by atoms with Gasteiger partial charge in [0.1, 0.15) is 18.7 Å². The van der Waals surface area contributed by atoms with E-state index in [9.17, 15) is 37.9 Å². The number of rotatable bonds is 11. The van der Waals surface area contributed by atoms with Crippen LogP contribution >= 0.6 is 0 Å². The number of amides is 3. The quantitative estimate of drug-likeness (QED) is 0.266. The first-order valence-corrected chi connectivity index (χ1v) is 12.2. The van der Waals surface area contributed by atoms with E-state index >= 15 is 0 Å². The van der Waals surface area contributed by atoms with Crippen LogP contribution in [0, 0.1) is 17.6 Å². The molecule has 0 aliphatic heterocycles. The maximum atomic E-state index is 13.8. The molecule has 0 saturated carbocycles. The summed E-state index contributed by atoms with van der Waals surface area (Å²) in [7, 11) is 0. The van der Waals surface area contributed by atoms with Gasteiger partial charge in [0.2, 0.25) is 5.91 Å². The first kappa shape index (κ1) is 29.7. The molecule has 0 heterocycles. The minimum Gasteiger partial charge on any atom is -0.481 e. The molecule has 10 nitrogen and oxygen atoms in total. The SMILES string of the molecule is CC(C)[C@H](NC(=O)C(=O)Nc1cccc2ccccc12)C(=O)N[C@@H](CC(=O)O)C(=O)COc1c(F)cccc1F. The highest BCUT2D eigenvalue weighted by Crippen LogP contribution is 2.23. The van der Waals surface area contributed by atoms with Gasteiger partial charge in [-0.25, -0.2) is 8.78 Å². The summed E-state index contributed by atoms with van der Waals surface area (Å²) in [6.45, 7) is 2.18. The van der Waals surface area contributed by atoms with Gasteiger partial charge >= 0.3 is 17.8 Å². The first-order chi connectivity index (χ1) is 19.0. The third kappa shape index (κ3) is 7.59. The monoisotopic (exact) mass is 555 g/mol. The van der Waals surface area contributed by atoms with Crippen LogP contribution in [-0.4, -0.2) is 53.3 Å². The van der Waals surface area contributed by atoms with Crippen LogP contribution in [0.4, 0.5) is 14.5 Å². The van der Waals surface area contributed by atoms with Crippen molar-refractivity contribution in [3.8, 4) is 5.75 Å². The molecule has 0 spiro atoms. The van der Waals surface area contributed by atoms with E-state index < -0.39 is 77.9 Å². The zero-order chi connectivity index (χ0) is 29.4. The molecule has 0 aromatic heterocycles. The second-order valence-electron chi connectivity index (χ2n) is 9.14. The van der Waals surface area contributed by atoms with E-state index in [1.807, 2.05) is 18.2 Å². The predicted octanol–water partition coefficient (Wildman–Crippen LogP) is 2.80. The summed E-state index contributed by atoms with van der Waals surface area (Å²) < 4.78 is 32.5. The van der Waals surface area contributed by atoms with E-state index in [1.54, 1.807) is 38.1 Å². The van der Waals surface area contributed by atoms with Crippen LogP contribution in [0.3, 0.4) is 0 Å². The van der Waals surface area contributed by atoms with Gasteiger partial charge in [-0.15, -0.1) is 0 Å². The molecule has 210 valence electrons. The standard InChI is InChI=1S/C28H27F2N3O7/c1-15(2)24(33-28(39)27(38)31-20-12-5-8-16-7-3-4-9-17(16)20)26(37)32-21(13-23(35)36)22(34)14-40-25-18(29)10-6-11-19(25)30/h3-12,15,21,24H,13-14H2,1-2H3,(H,31,38)(H,32,37)(H,33,39)(H,35,36)/t21-,24-/m0/s1. The van der Waals surface area contributed by atoms with Crippen LogP contribution in [0.25, 0.3) is 10.8 Å². The number of carbonyl (C=O) groups is 5. The topological polar surface area (TPSA) is 151 Å². The molecule has 0 saturated heterocycles. The third-order valence-corrected chi connectivity index (χ3v) is 5.84. The van der Waals surface area contributed by atoms with Crippen molar-refractivity contribution < 1.29 is 42.6 Å². The van der Waals surface area contributed by atoms with Crippen LogP contribution in [0.1, 0.15) is 20.3 Å². The zero-order valence-corrected chi connectivity index (χ0v) is 21.6. The molecule has 4 N–H and O–H groups in total. The molecule has 0 unspecified atom stereocenters. The van der Waals surface area contributed by atoms with Crippen LogP contribution in [0.2, 0.25) is 0 Å².